The molecule has 1 amide bonds. The van der Waals surface area contributed by atoms with Crippen LogP contribution in [0, 0.1) is 11.7 Å². The van der Waals surface area contributed by atoms with Gasteiger partial charge in [0.25, 0.3) is 0 Å². The molecular formula is C25H34FN3O3. The lowest BCUT2D eigenvalue weighted by atomic mass is 9.95. The summed E-state index contributed by atoms with van der Waals surface area (Å²) in [7, 11) is 0. The molecule has 1 saturated carbocycles. The fourth-order valence-corrected chi connectivity index (χ4v) is 4.59. The molecule has 0 aliphatic heterocycles. The summed E-state index contributed by atoms with van der Waals surface area (Å²) >= 11 is 0. The van der Waals surface area contributed by atoms with Gasteiger partial charge in [0.15, 0.2) is 0 Å². The lowest BCUT2D eigenvalue weighted by Crippen LogP contribution is -2.28. The molecule has 1 unspecified atom stereocenters. The van der Waals surface area contributed by atoms with E-state index in [0.29, 0.717) is 23.9 Å². The van der Waals surface area contributed by atoms with Gasteiger partial charge in [-0.05, 0) is 44.2 Å². The Bertz CT molecular complexity index is 1020. The van der Waals surface area contributed by atoms with E-state index in [-0.39, 0.29) is 23.2 Å². The molecule has 1 heterocycles. The zero-order valence-corrected chi connectivity index (χ0v) is 19.2. The van der Waals surface area contributed by atoms with E-state index in [4.69, 9.17) is 0 Å². The van der Waals surface area contributed by atoms with Gasteiger partial charge in [-0.15, -0.1) is 0 Å². The van der Waals surface area contributed by atoms with Gasteiger partial charge >= 0.3 is 0 Å². The van der Waals surface area contributed by atoms with Gasteiger partial charge in [-0.2, -0.15) is 0 Å². The largest absolute Gasteiger partial charge is 0.380 e. The molecule has 1 aromatic heterocycles. The van der Waals surface area contributed by atoms with E-state index < -0.39 is 23.1 Å². The van der Waals surface area contributed by atoms with Crippen LogP contribution in [0.15, 0.2) is 23.1 Å². The summed E-state index contributed by atoms with van der Waals surface area (Å²) in [4.78, 5) is 36.8. The number of hydrogen-bond acceptors (Lipinski definition) is 4. The third-order valence-corrected chi connectivity index (χ3v) is 6.62. The molecule has 174 valence electrons. The highest BCUT2D eigenvalue weighted by molar-refractivity contribution is 6.01. The standard InChI is InChI=1S/C25H34FN3O3/c1-4-16(15-30)25(32)28-22-14-29(18(5-2)6-3)23-13-21(20(26)12-19(23)24(22)31)27-17-10-8-7-9-11-17/h12-18,27H,4-11H2,1-3H3,(H,28,32). The highest BCUT2D eigenvalue weighted by Crippen LogP contribution is 2.30. The quantitative estimate of drug-likeness (QED) is 0.401. The van der Waals surface area contributed by atoms with Crippen LogP contribution in [0.1, 0.15) is 78.2 Å². The summed E-state index contributed by atoms with van der Waals surface area (Å²) in [6.07, 6.45) is 9.69. The molecule has 2 aromatic rings. The van der Waals surface area contributed by atoms with E-state index in [1.165, 1.54) is 12.5 Å². The fraction of sp³-hybridized carbons (Fsp3) is 0.560. The molecule has 3 rings (SSSR count). The molecule has 1 atom stereocenters. The third kappa shape index (κ3) is 5.03. The lowest BCUT2D eigenvalue weighted by molar-refractivity contribution is -0.125. The van der Waals surface area contributed by atoms with Gasteiger partial charge in [0.05, 0.1) is 22.5 Å². The number of amides is 1. The monoisotopic (exact) mass is 443 g/mol. The second-order valence-electron chi connectivity index (χ2n) is 8.72. The van der Waals surface area contributed by atoms with Gasteiger partial charge in [-0.25, -0.2) is 4.39 Å². The molecule has 6 nitrogen and oxygen atoms in total. The van der Waals surface area contributed by atoms with E-state index in [0.717, 1.165) is 38.5 Å². The lowest BCUT2D eigenvalue weighted by Gasteiger charge is -2.26. The average Bonchev–Trinajstić information content (AvgIpc) is 2.80. The third-order valence-electron chi connectivity index (χ3n) is 6.62. The number of halogens is 1. The Balaban J connectivity index is 2.10. The van der Waals surface area contributed by atoms with Crippen molar-refractivity contribution in [2.75, 3.05) is 10.6 Å². The first-order chi connectivity index (χ1) is 15.4. The molecule has 0 spiro atoms. The van der Waals surface area contributed by atoms with E-state index in [1.54, 1.807) is 19.2 Å². The Morgan fingerprint density at radius 2 is 1.81 bits per heavy atom. The number of aldehydes is 1. The highest BCUT2D eigenvalue weighted by Gasteiger charge is 2.22. The van der Waals surface area contributed by atoms with Crippen LogP contribution >= 0.6 is 0 Å². The van der Waals surface area contributed by atoms with Crippen LogP contribution in [0.5, 0.6) is 0 Å². The van der Waals surface area contributed by atoms with Gasteiger partial charge < -0.3 is 20.0 Å². The topological polar surface area (TPSA) is 80.2 Å². The Kier molecular flexibility index (Phi) is 8.04. The van der Waals surface area contributed by atoms with Crippen molar-refractivity contribution in [3.63, 3.8) is 0 Å². The summed E-state index contributed by atoms with van der Waals surface area (Å²) in [5.41, 5.74) is 0.678. The smallest absolute Gasteiger partial charge is 0.234 e. The highest BCUT2D eigenvalue weighted by atomic mass is 19.1. The number of nitrogens with one attached hydrogen (secondary N) is 2. The predicted octanol–water partition coefficient (Wildman–Crippen LogP) is 5.41. The minimum absolute atomic E-state index is 0.0714. The maximum atomic E-state index is 15.0. The molecule has 7 heteroatoms. The number of rotatable bonds is 9. The van der Waals surface area contributed by atoms with Crippen LogP contribution < -0.4 is 16.1 Å². The van der Waals surface area contributed by atoms with Gasteiger partial charge in [0.2, 0.25) is 11.3 Å². The van der Waals surface area contributed by atoms with Crippen LogP contribution in [-0.2, 0) is 9.59 Å². The number of fused-ring (bicyclic) bond motifs is 1. The van der Waals surface area contributed by atoms with Crippen molar-refractivity contribution in [1.82, 2.24) is 4.57 Å². The summed E-state index contributed by atoms with van der Waals surface area (Å²) in [6, 6.07) is 3.31. The minimum Gasteiger partial charge on any atom is -0.380 e. The summed E-state index contributed by atoms with van der Waals surface area (Å²) in [5, 5.41) is 6.17. The zero-order valence-electron chi connectivity index (χ0n) is 19.2. The second-order valence-corrected chi connectivity index (χ2v) is 8.72. The van der Waals surface area contributed by atoms with E-state index in [2.05, 4.69) is 24.5 Å². The first-order valence-corrected chi connectivity index (χ1v) is 11.8. The molecule has 0 bridgehead atoms. The van der Waals surface area contributed by atoms with Crippen molar-refractivity contribution in [3.8, 4) is 0 Å². The number of pyridine rings is 1. The number of carbonyl (C=O) groups excluding carboxylic acids is 2. The van der Waals surface area contributed by atoms with Gasteiger partial charge in [0.1, 0.15) is 17.8 Å². The number of nitrogens with zero attached hydrogens (tertiary/aromatic N) is 1. The summed E-state index contributed by atoms with van der Waals surface area (Å²) in [6.45, 7) is 5.85. The molecule has 1 aliphatic rings. The summed E-state index contributed by atoms with van der Waals surface area (Å²) in [5.74, 6) is -1.82. The van der Waals surface area contributed by atoms with Gasteiger partial charge in [-0.1, -0.05) is 40.0 Å². The first kappa shape index (κ1) is 24.0. The zero-order chi connectivity index (χ0) is 23.3. The van der Waals surface area contributed by atoms with Gasteiger partial charge in [-0.3, -0.25) is 9.59 Å². The Labute approximate surface area is 188 Å². The van der Waals surface area contributed by atoms with Crippen molar-refractivity contribution < 1.29 is 14.0 Å². The van der Waals surface area contributed by atoms with Crippen LogP contribution in [0.4, 0.5) is 15.8 Å². The van der Waals surface area contributed by atoms with E-state index in [1.807, 2.05) is 4.57 Å². The molecule has 0 saturated heterocycles. The van der Waals surface area contributed by atoms with Crippen LogP contribution in [-0.4, -0.2) is 22.8 Å². The molecule has 1 aromatic carbocycles. The predicted molar refractivity (Wildman–Crippen MR) is 127 cm³/mol. The molecule has 1 aliphatic carbocycles. The van der Waals surface area contributed by atoms with Crippen molar-refractivity contribution in [2.45, 2.75) is 84.2 Å². The van der Waals surface area contributed by atoms with Crippen LogP contribution in [0.25, 0.3) is 10.9 Å². The minimum atomic E-state index is -0.828. The average molecular weight is 444 g/mol. The first-order valence-electron chi connectivity index (χ1n) is 11.8. The van der Waals surface area contributed by atoms with Crippen LogP contribution in [0.3, 0.4) is 0 Å². The van der Waals surface area contributed by atoms with Crippen molar-refractivity contribution in [1.29, 1.82) is 0 Å². The maximum absolute atomic E-state index is 15.0. The number of anilines is 2. The Morgan fingerprint density at radius 1 is 1.12 bits per heavy atom. The molecule has 32 heavy (non-hydrogen) atoms. The molecule has 1 fully saturated rings. The van der Waals surface area contributed by atoms with Crippen molar-refractivity contribution in [3.05, 3.63) is 34.4 Å². The maximum Gasteiger partial charge on any atom is 0.234 e. The number of hydrogen-bond donors (Lipinski definition) is 2. The van der Waals surface area contributed by atoms with E-state index >= 15 is 4.39 Å². The van der Waals surface area contributed by atoms with Gasteiger partial charge in [0, 0.05) is 18.3 Å². The number of benzene rings is 1. The Hall–Kier alpha value is -2.70. The second kappa shape index (κ2) is 10.7. The Morgan fingerprint density at radius 3 is 2.41 bits per heavy atom. The van der Waals surface area contributed by atoms with Crippen LogP contribution in [0.2, 0.25) is 0 Å². The summed E-state index contributed by atoms with van der Waals surface area (Å²) < 4.78 is 17.0. The normalized spacial score (nSPS) is 15.7. The SMILES string of the molecule is CCC(C=O)C(=O)Nc1cn(C(CC)CC)c2cc(NC3CCCCC3)c(F)cc2c1=O. The molecule has 0 radical (unpaired) electrons. The molecule has 2 N–H and O–H groups in total. The molecular weight excluding hydrogens is 409 g/mol. The van der Waals surface area contributed by atoms with E-state index in [9.17, 15) is 14.4 Å². The van der Waals surface area contributed by atoms with Crippen molar-refractivity contribution >= 4 is 34.5 Å². The number of carbonyl (C=O) groups is 2. The number of aromatic nitrogens is 1. The van der Waals surface area contributed by atoms with Crippen molar-refractivity contribution in [2.24, 2.45) is 5.92 Å². The fourth-order valence-electron chi connectivity index (χ4n) is 4.59.